The summed E-state index contributed by atoms with van der Waals surface area (Å²) in [5.41, 5.74) is 5.13. The number of benzene rings is 1. The van der Waals surface area contributed by atoms with Gasteiger partial charge in [0.05, 0.1) is 20.3 Å². The molecule has 0 bridgehead atoms. The smallest absolute Gasteiger partial charge is 0.279 e. The zero-order chi connectivity index (χ0) is 17.0. The summed E-state index contributed by atoms with van der Waals surface area (Å²) in [6, 6.07) is 8.52. The SMILES string of the molecule is CC(C)Oc1cc(Br)ccc1C(=O)NNC(=O)c1ccc(Br)s1. The summed E-state index contributed by atoms with van der Waals surface area (Å²) in [6.45, 7) is 3.75. The van der Waals surface area contributed by atoms with Crippen LogP contribution in [0.25, 0.3) is 0 Å². The van der Waals surface area contributed by atoms with E-state index in [2.05, 4.69) is 42.7 Å². The van der Waals surface area contributed by atoms with Gasteiger partial charge < -0.3 is 4.74 Å². The Morgan fingerprint density at radius 3 is 2.39 bits per heavy atom. The van der Waals surface area contributed by atoms with Gasteiger partial charge in [-0.2, -0.15) is 0 Å². The molecule has 1 aromatic heterocycles. The third kappa shape index (κ3) is 5.05. The molecule has 0 spiro atoms. The topological polar surface area (TPSA) is 67.4 Å². The molecule has 0 saturated heterocycles. The Kier molecular flexibility index (Phi) is 6.20. The number of carbonyl (C=O) groups excluding carboxylic acids is 2. The number of rotatable bonds is 4. The van der Waals surface area contributed by atoms with Gasteiger partial charge in [-0.1, -0.05) is 15.9 Å². The largest absolute Gasteiger partial charge is 0.490 e. The number of carbonyl (C=O) groups is 2. The molecule has 8 heteroatoms. The minimum atomic E-state index is -0.447. The molecule has 0 aliphatic heterocycles. The summed E-state index contributed by atoms with van der Waals surface area (Å²) in [5.74, 6) is -0.380. The number of hydrogen-bond donors (Lipinski definition) is 2. The number of amides is 2. The normalized spacial score (nSPS) is 10.5. The van der Waals surface area contributed by atoms with Crippen LogP contribution in [0, 0.1) is 0 Å². The van der Waals surface area contributed by atoms with Crippen LogP contribution in [-0.4, -0.2) is 17.9 Å². The third-order valence-corrected chi connectivity index (χ3v) is 4.75. The molecule has 1 aromatic carbocycles. The maximum absolute atomic E-state index is 12.3. The molecule has 2 aromatic rings. The highest BCUT2D eigenvalue weighted by Crippen LogP contribution is 2.25. The maximum Gasteiger partial charge on any atom is 0.279 e. The Balaban J connectivity index is 2.07. The van der Waals surface area contributed by atoms with E-state index in [0.29, 0.717) is 16.2 Å². The van der Waals surface area contributed by atoms with Crippen molar-refractivity contribution in [2.24, 2.45) is 0 Å². The molecule has 0 atom stereocenters. The number of hydrazine groups is 1. The molecular weight excluding hydrogens is 448 g/mol. The Bertz CT molecular complexity index is 731. The standard InChI is InChI=1S/C15H14Br2N2O3S/c1-8(2)22-11-7-9(16)3-4-10(11)14(20)18-19-15(21)12-5-6-13(17)23-12/h3-8H,1-2H3,(H,18,20)(H,19,21). The molecule has 122 valence electrons. The first-order chi connectivity index (χ1) is 10.9. The van der Waals surface area contributed by atoms with Gasteiger partial charge in [-0.3, -0.25) is 20.4 Å². The molecule has 0 aliphatic carbocycles. The second kappa shape index (κ2) is 7.94. The fraction of sp³-hybridized carbons (Fsp3) is 0.200. The molecule has 23 heavy (non-hydrogen) atoms. The highest BCUT2D eigenvalue weighted by Gasteiger charge is 2.16. The molecule has 0 saturated carbocycles. The highest BCUT2D eigenvalue weighted by atomic mass is 79.9. The molecule has 0 aliphatic rings. The number of nitrogens with one attached hydrogen (secondary N) is 2. The highest BCUT2D eigenvalue weighted by molar-refractivity contribution is 9.11. The lowest BCUT2D eigenvalue weighted by Crippen LogP contribution is -2.41. The summed E-state index contributed by atoms with van der Waals surface area (Å²) in [4.78, 5) is 24.7. The second-order valence-electron chi connectivity index (χ2n) is 4.82. The van der Waals surface area contributed by atoms with Crippen molar-refractivity contribution >= 4 is 55.0 Å². The van der Waals surface area contributed by atoms with E-state index < -0.39 is 5.91 Å². The van der Waals surface area contributed by atoms with E-state index in [1.165, 1.54) is 11.3 Å². The first-order valence-corrected chi connectivity index (χ1v) is 9.09. The molecule has 0 fully saturated rings. The Labute approximate surface area is 154 Å². The average molecular weight is 462 g/mol. The molecular formula is C15H14Br2N2O3S. The molecule has 0 unspecified atom stereocenters. The van der Waals surface area contributed by atoms with Gasteiger partial charge in [0.1, 0.15) is 5.75 Å². The lowest BCUT2D eigenvalue weighted by Gasteiger charge is -2.14. The van der Waals surface area contributed by atoms with Crippen LogP contribution >= 0.6 is 43.2 Å². The fourth-order valence-electron chi connectivity index (χ4n) is 1.71. The summed E-state index contributed by atoms with van der Waals surface area (Å²) < 4.78 is 7.28. The lowest BCUT2D eigenvalue weighted by atomic mass is 10.2. The summed E-state index contributed by atoms with van der Waals surface area (Å²) >= 11 is 7.91. The fourth-order valence-corrected chi connectivity index (χ4v) is 3.34. The van der Waals surface area contributed by atoms with Crippen molar-refractivity contribution in [3.05, 3.63) is 49.0 Å². The van der Waals surface area contributed by atoms with E-state index in [-0.39, 0.29) is 12.0 Å². The van der Waals surface area contributed by atoms with Gasteiger partial charge in [0.2, 0.25) is 0 Å². The molecule has 2 amide bonds. The zero-order valence-corrected chi connectivity index (χ0v) is 16.3. The van der Waals surface area contributed by atoms with Crippen molar-refractivity contribution in [3.8, 4) is 5.75 Å². The molecule has 1 heterocycles. The third-order valence-electron chi connectivity index (χ3n) is 2.64. The number of ether oxygens (including phenoxy) is 1. The Hall–Kier alpha value is -1.38. The van der Waals surface area contributed by atoms with Crippen LogP contribution in [0.3, 0.4) is 0 Å². The lowest BCUT2D eigenvalue weighted by molar-refractivity contribution is 0.0845. The van der Waals surface area contributed by atoms with Gasteiger partial charge in [0.15, 0.2) is 0 Å². The van der Waals surface area contributed by atoms with Gasteiger partial charge in [0.25, 0.3) is 11.8 Å². The van der Waals surface area contributed by atoms with Crippen molar-refractivity contribution in [1.29, 1.82) is 0 Å². The van der Waals surface area contributed by atoms with Crippen molar-refractivity contribution in [3.63, 3.8) is 0 Å². The van der Waals surface area contributed by atoms with Crippen molar-refractivity contribution in [1.82, 2.24) is 10.9 Å². The van der Waals surface area contributed by atoms with Gasteiger partial charge in [-0.05, 0) is 60.1 Å². The van der Waals surface area contributed by atoms with Crippen LogP contribution in [0.2, 0.25) is 0 Å². The molecule has 2 rings (SSSR count). The van der Waals surface area contributed by atoms with E-state index in [9.17, 15) is 9.59 Å². The predicted octanol–water partition coefficient (Wildman–Crippen LogP) is 4.14. The van der Waals surface area contributed by atoms with Crippen LogP contribution in [0.15, 0.2) is 38.6 Å². The molecule has 2 N–H and O–H groups in total. The minimum Gasteiger partial charge on any atom is -0.490 e. The Morgan fingerprint density at radius 1 is 1.09 bits per heavy atom. The van der Waals surface area contributed by atoms with E-state index in [4.69, 9.17) is 4.74 Å². The monoisotopic (exact) mass is 460 g/mol. The second-order valence-corrected chi connectivity index (χ2v) is 8.20. The van der Waals surface area contributed by atoms with Crippen molar-refractivity contribution < 1.29 is 14.3 Å². The van der Waals surface area contributed by atoms with Gasteiger partial charge in [-0.25, -0.2) is 0 Å². The van der Waals surface area contributed by atoms with Crippen LogP contribution in [0.5, 0.6) is 5.75 Å². The van der Waals surface area contributed by atoms with Gasteiger partial charge in [-0.15, -0.1) is 11.3 Å². The quantitative estimate of drug-likeness (QED) is 0.672. The summed E-state index contributed by atoms with van der Waals surface area (Å²) in [7, 11) is 0. The van der Waals surface area contributed by atoms with Gasteiger partial charge in [0, 0.05) is 4.47 Å². The van der Waals surface area contributed by atoms with Crippen LogP contribution in [-0.2, 0) is 0 Å². The minimum absolute atomic E-state index is 0.0751. The zero-order valence-electron chi connectivity index (χ0n) is 12.4. The van der Waals surface area contributed by atoms with Crippen molar-refractivity contribution in [2.45, 2.75) is 20.0 Å². The van der Waals surface area contributed by atoms with Crippen LogP contribution in [0.1, 0.15) is 33.9 Å². The molecule has 5 nitrogen and oxygen atoms in total. The van der Waals surface area contributed by atoms with E-state index in [0.717, 1.165) is 8.26 Å². The Morgan fingerprint density at radius 2 is 1.78 bits per heavy atom. The summed E-state index contributed by atoms with van der Waals surface area (Å²) in [5, 5.41) is 0. The van der Waals surface area contributed by atoms with Gasteiger partial charge >= 0.3 is 0 Å². The maximum atomic E-state index is 12.3. The molecule has 0 radical (unpaired) electrons. The average Bonchev–Trinajstić information content (AvgIpc) is 2.90. The number of halogens is 2. The first-order valence-electron chi connectivity index (χ1n) is 6.69. The van der Waals surface area contributed by atoms with Crippen molar-refractivity contribution in [2.75, 3.05) is 0 Å². The van der Waals surface area contributed by atoms with Crippen LogP contribution in [0.4, 0.5) is 0 Å². The van der Waals surface area contributed by atoms with Crippen LogP contribution < -0.4 is 15.6 Å². The number of thiophene rings is 1. The van der Waals surface area contributed by atoms with E-state index >= 15 is 0 Å². The number of hydrogen-bond acceptors (Lipinski definition) is 4. The summed E-state index contributed by atoms with van der Waals surface area (Å²) in [6.07, 6.45) is -0.0751. The first kappa shape index (κ1) is 18.0. The van der Waals surface area contributed by atoms with E-state index in [1.807, 2.05) is 13.8 Å². The predicted molar refractivity (Wildman–Crippen MR) is 96.9 cm³/mol. The van der Waals surface area contributed by atoms with E-state index in [1.54, 1.807) is 30.3 Å².